The van der Waals surface area contributed by atoms with E-state index in [1.807, 2.05) is 0 Å². The average molecular weight is 226 g/mol. The van der Waals surface area contributed by atoms with Crippen LogP contribution in [0.3, 0.4) is 0 Å². The van der Waals surface area contributed by atoms with Gasteiger partial charge < -0.3 is 10.8 Å². The minimum absolute atomic E-state index is 0.0400. The van der Waals surface area contributed by atoms with Gasteiger partial charge in [-0.1, -0.05) is 12.8 Å². The monoisotopic (exact) mass is 226 g/mol. The smallest absolute Gasteiger partial charge is 0.0944 e. The SMILES string of the molecule is NC(CO)Cc1nc(C2CCCC2)cs1. The minimum Gasteiger partial charge on any atom is -0.395 e. The van der Waals surface area contributed by atoms with Crippen molar-refractivity contribution >= 4 is 11.3 Å². The molecule has 0 aromatic carbocycles. The van der Waals surface area contributed by atoms with E-state index < -0.39 is 0 Å². The molecule has 0 radical (unpaired) electrons. The summed E-state index contributed by atoms with van der Waals surface area (Å²) in [5, 5.41) is 12.1. The predicted molar refractivity (Wildman–Crippen MR) is 62.1 cm³/mol. The number of thiazole rings is 1. The summed E-state index contributed by atoms with van der Waals surface area (Å²) >= 11 is 1.68. The first-order valence-corrected chi connectivity index (χ1v) is 6.48. The van der Waals surface area contributed by atoms with Crippen LogP contribution in [0.15, 0.2) is 5.38 Å². The molecule has 4 heteroatoms. The summed E-state index contributed by atoms with van der Waals surface area (Å²) in [6, 6.07) is -0.160. The van der Waals surface area contributed by atoms with Crippen molar-refractivity contribution in [2.45, 2.75) is 44.1 Å². The van der Waals surface area contributed by atoms with Crippen LogP contribution in [0.1, 0.15) is 42.3 Å². The quantitative estimate of drug-likeness (QED) is 0.821. The predicted octanol–water partition coefficient (Wildman–Crippen LogP) is 1.66. The Bertz CT molecular complexity index is 307. The first kappa shape index (κ1) is 11.0. The Hall–Kier alpha value is -0.450. The zero-order chi connectivity index (χ0) is 10.7. The highest BCUT2D eigenvalue weighted by Crippen LogP contribution is 2.34. The van der Waals surface area contributed by atoms with Gasteiger partial charge in [0.15, 0.2) is 0 Å². The summed E-state index contributed by atoms with van der Waals surface area (Å²) in [6.07, 6.45) is 5.96. The second-order valence-corrected chi connectivity index (χ2v) is 5.24. The van der Waals surface area contributed by atoms with Crippen LogP contribution in [0.4, 0.5) is 0 Å². The topological polar surface area (TPSA) is 59.1 Å². The highest BCUT2D eigenvalue weighted by atomic mass is 32.1. The fourth-order valence-corrected chi connectivity index (χ4v) is 3.09. The Morgan fingerprint density at radius 1 is 1.53 bits per heavy atom. The van der Waals surface area contributed by atoms with Crippen molar-refractivity contribution in [3.8, 4) is 0 Å². The number of nitrogens with two attached hydrogens (primary N) is 1. The van der Waals surface area contributed by atoms with Crippen LogP contribution in [-0.4, -0.2) is 22.7 Å². The Labute approximate surface area is 94.3 Å². The van der Waals surface area contributed by atoms with E-state index in [-0.39, 0.29) is 12.6 Å². The Kier molecular flexibility index (Phi) is 3.72. The molecule has 1 aliphatic carbocycles. The van der Waals surface area contributed by atoms with Crippen molar-refractivity contribution < 1.29 is 5.11 Å². The third-order valence-electron chi connectivity index (χ3n) is 3.01. The van der Waals surface area contributed by atoms with E-state index in [0.717, 1.165) is 5.01 Å². The van der Waals surface area contributed by atoms with E-state index in [0.29, 0.717) is 12.3 Å². The van der Waals surface area contributed by atoms with Gasteiger partial charge in [-0.05, 0) is 12.8 Å². The van der Waals surface area contributed by atoms with Gasteiger partial charge in [0.1, 0.15) is 0 Å². The number of hydrogen-bond donors (Lipinski definition) is 2. The maximum atomic E-state index is 8.87. The van der Waals surface area contributed by atoms with Crippen LogP contribution >= 0.6 is 11.3 Å². The summed E-state index contributed by atoms with van der Waals surface area (Å²) in [5.41, 5.74) is 6.93. The molecule has 0 aliphatic heterocycles. The molecule has 1 atom stereocenters. The maximum Gasteiger partial charge on any atom is 0.0944 e. The molecule has 0 bridgehead atoms. The fraction of sp³-hybridized carbons (Fsp3) is 0.727. The molecule has 1 aliphatic rings. The van der Waals surface area contributed by atoms with Gasteiger partial charge in [0.25, 0.3) is 0 Å². The first-order chi connectivity index (χ1) is 7.29. The van der Waals surface area contributed by atoms with Crippen LogP contribution in [0.25, 0.3) is 0 Å². The highest BCUT2D eigenvalue weighted by Gasteiger charge is 2.19. The Balaban J connectivity index is 1.97. The van der Waals surface area contributed by atoms with Crippen molar-refractivity contribution in [3.05, 3.63) is 16.1 Å². The van der Waals surface area contributed by atoms with Crippen LogP contribution in [0.5, 0.6) is 0 Å². The zero-order valence-corrected chi connectivity index (χ0v) is 9.67. The lowest BCUT2D eigenvalue weighted by Crippen LogP contribution is -2.26. The average Bonchev–Trinajstić information content (AvgIpc) is 2.85. The number of rotatable bonds is 4. The molecule has 1 unspecified atom stereocenters. The lowest BCUT2D eigenvalue weighted by atomic mass is 10.1. The fourth-order valence-electron chi connectivity index (χ4n) is 2.12. The zero-order valence-electron chi connectivity index (χ0n) is 8.85. The van der Waals surface area contributed by atoms with Crippen LogP contribution < -0.4 is 5.73 Å². The largest absolute Gasteiger partial charge is 0.395 e. The van der Waals surface area contributed by atoms with Gasteiger partial charge in [0.2, 0.25) is 0 Å². The molecular weight excluding hydrogens is 208 g/mol. The van der Waals surface area contributed by atoms with E-state index in [9.17, 15) is 0 Å². The van der Waals surface area contributed by atoms with Crippen LogP contribution in [-0.2, 0) is 6.42 Å². The Morgan fingerprint density at radius 2 is 2.27 bits per heavy atom. The minimum atomic E-state index is -0.160. The normalized spacial score (nSPS) is 19.6. The number of aliphatic hydroxyl groups excluding tert-OH is 1. The molecule has 3 nitrogen and oxygen atoms in total. The molecule has 1 saturated carbocycles. The maximum absolute atomic E-state index is 8.87. The molecule has 2 rings (SSSR count). The van der Waals surface area contributed by atoms with Crippen LogP contribution in [0, 0.1) is 0 Å². The van der Waals surface area contributed by atoms with E-state index in [2.05, 4.69) is 10.4 Å². The van der Waals surface area contributed by atoms with Gasteiger partial charge in [0, 0.05) is 23.8 Å². The van der Waals surface area contributed by atoms with Crippen molar-refractivity contribution in [1.29, 1.82) is 0 Å². The second-order valence-electron chi connectivity index (χ2n) is 4.29. The Morgan fingerprint density at radius 3 is 2.93 bits per heavy atom. The van der Waals surface area contributed by atoms with Crippen molar-refractivity contribution in [2.24, 2.45) is 5.73 Å². The van der Waals surface area contributed by atoms with E-state index in [1.54, 1.807) is 11.3 Å². The van der Waals surface area contributed by atoms with Gasteiger partial charge in [-0.2, -0.15) is 0 Å². The summed E-state index contributed by atoms with van der Waals surface area (Å²) in [4.78, 5) is 4.61. The van der Waals surface area contributed by atoms with Gasteiger partial charge in [0.05, 0.1) is 17.3 Å². The van der Waals surface area contributed by atoms with E-state index in [1.165, 1.54) is 31.4 Å². The lowest BCUT2D eigenvalue weighted by molar-refractivity contribution is 0.265. The number of aliphatic hydroxyl groups is 1. The standard InChI is InChI=1S/C11H18N2OS/c12-9(6-14)5-11-13-10(7-15-11)8-3-1-2-4-8/h7-9,14H,1-6,12H2. The molecule has 0 amide bonds. The summed E-state index contributed by atoms with van der Waals surface area (Å²) in [5.74, 6) is 0.681. The lowest BCUT2D eigenvalue weighted by Gasteiger charge is -2.05. The molecule has 1 heterocycles. The molecule has 1 aromatic rings. The first-order valence-electron chi connectivity index (χ1n) is 5.60. The number of aromatic nitrogens is 1. The van der Waals surface area contributed by atoms with E-state index in [4.69, 9.17) is 10.8 Å². The molecule has 1 aromatic heterocycles. The van der Waals surface area contributed by atoms with Gasteiger partial charge in [-0.15, -0.1) is 11.3 Å². The second kappa shape index (κ2) is 5.05. The van der Waals surface area contributed by atoms with E-state index >= 15 is 0 Å². The third kappa shape index (κ3) is 2.77. The molecule has 15 heavy (non-hydrogen) atoms. The number of nitrogens with zero attached hydrogens (tertiary/aromatic N) is 1. The van der Waals surface area contributed by atoms with Gasteiger partial charge >= 0.3 is 0 Å². The number of hydrogen-bond acceptors (Lipinski definition) is 4. The molecule has 0 saturated heterocycles. The van der Waals surface area contributed by atoms with Gasteiger partial charge in [-0.25, -0.2) is 4.98 Å². The van der Waals surface area contributed by atoms with Gasteiger partial charge in [-0.3, -0.25) is 0 Å². The molecule has 0 spiro atoms. The highest BCUT2D eigenvalue weighted by molar-refractivity contribution is 7.09. The summed E-state index contributed by atoms with van der Waals surface area (Å²) in [6.45, 7) is 0.0400. The molecule has 3 N–H and O–H groups in total. The van der Waals surface area contributed by atoms with Crippen molar-refractivity contribution in [1.82, 2.24) is 4.98 Å². The molecule has 84 valence electrons. The van der Waals surface area contributed by atoms with Crippen LogP contribution in [0.2, 0.25) is 0 Å². The van der Waals surface area contributed by atoms with Crippen molar-refractivity contribution in [3.63, 3.8) is 0 Å². The molecular formula is C11H18N2OS. The summed E-state index contributed by atoms with van der Waals surface area (Å²) in [7, 11) is 0. The van der Waals surface area contributed by atoms with Crippen molar-refractivity contribution in [2.75, 3.05) is 6.61 Å². The molecule has 1 fully saturated rings. The summed E-state index contributed by atoms with van der Waals surface area (Å²) < 4.78 is 0. The third-order valence-corrected chi connectivity index (χ3v) is 3.90.